The summed E-state index contributed by atoms with van der Waals surface area (Å²) in [5.41, 5.74) is 0. The first-order valence-corrected chi connectivity index (χ1v) is 6.73. The van der Waals surface area contributed by atoms with E-state index in [0.29, 0.717) is 0 Å². The summed E-state index contributed by atoms with van der Waals surface area (Å²) in [6, 6.07) is 0. The van der Waals surface area contributed by atoms with Crippen molar-refractivity contribution in [3.8, 4) is 0 Å². The van der Waals surface area contributed by atoms with E-state index in [-0.39, 0.29) is 0 Å². The van der Waals surface area contributed by atoms with Gasteiger partial charge in [0.25, 0.3) is 0 Å². The lowest BCUT2D eigenvalue weighted by Gasteiger charge is -2.40. The van der Waals surface area contributed by atoms with Gasteiger partial charge in [-0.1, -0.05) is 0 Å². The van der Waals surface area contributed by atoms with E-state index in [4.69, 9.17) is 21.7 Å². The molecule has 1 aliphatic rings. The van der Waals surface area contributed by atoms with Crippen LogP contribution >= 0.6 is 0 Å². The highest BCUT2D eigenvalue weighted by atomic mass is 32.3. The van der Waals surface area contributed by atoms with Crippen LogP contribution in [0.1, 0.15) is 6.92 Å². The molecular weight excluding hydrogens is 268 g/mol. The van der Waals surface area contributed by atoms with Crippen LogP contribution in [0.2, 0.25) is 0 Å². The second kappa shape index (κ2) is 8.84. The minimum Gasteiger partial charge on any atom is -0.726 e. The summed E-state index contributed by atoms with van der Waals surface area (Å²) < 4.78 is 41.9. The van der Waals surface area contributed by atoms with Gasteiger partial charge in [0.1, 0.15) is 0 Å². The zero-order valence-electron chi connectivity index (χ0n) is 10.3. The predicted octanol–water partition coefficient (Wildman–Crippen LogP) is -0.933. The van der Waals surface area contributed by atoms with Crippen molar-refractivity contribution in [1.82, 2.24) is 4.90 Å². The Morgan fingerprint density at radius 3 is 1.88 bits per heavy atom. The Labute approximate surface area is 108 Å². The van der Waals surface area contributed by atoms with Gasteiger partial charge in [0.2, 0.25) is 10.4 Å². The zero-order valence-corrected chi connectivity index (χ0v) is 12.0. The number of rotatable bonds is 1. The van der Waals surface area contributed by atoms with E-state index in [2.05, 4.69) is 38.5 Å². The molecule has 0 radical (unpaired) electrons. The van der Waals surface area contributed by atoms with Gasteiger partial charge in [-0.2, -0.15) is 4.21 Å². The van der Waals surface area contributed by atoms with Crippen LogP contribution in [0.5, 0.6) is 0 Å². The van der Waals surface area contributed by atoms with Gasteiger partial charge in [0, 0.05) is 13.1 Å². The highest BCUT2D eigenvalue weighted by molar-refractivity contribution is 7.79. The van der Waals surface area contributed by atoms with E-state index in [1.165, 1.54) is 37.2 Å². The molecule has 1 fully saturated rings. The van der Waals surface area contributed by atoms with Crippen molar-refractivity contribution in [2.75, 3.05) is 46.8 Å². The SMILES string of the molecule is CC[N+]1(C)CCN(C)CC1.O=S.O=S(=O)([O-])O. The van der Waals surface area contributed by atoms with E-state index >= 15 is 0 Å². The average molecular weight is 288 g/mol. The molecule has 1 heterocycles. The molecule has 0 bridgehead atoms. The molecule has 0 aliphatic carbocycles. The van der Waals surface area contributed by atoms with Crippen molar-refractivity contribution < 1.29 is 26.2 Å². The summed E-state index contributed by atoms with van der Waals surface area (Å²) in [4.78, 5) is 2.41. The molecule has 17 heavy (non-hydrogen) atoms. The van der Waals surface area contributed by atoms with Crippen molar-refractivity contribution in [2.24, 2.45) is 0 Å². The Bertz CT molecular complexity index is 280. The fraction of sp³-hybridized carbons (Fsp3) is 1.00. The van der Waals surface area contributed by atoms with Crippen LogP contribution in [-0.4, -0.2) is 77.9 Å². The van der Waals surface area contributed by atoms with E-state index < -0.39 is 10.4 Å². The Morgan fingerprint density at radius 2 is 1.65 bits per heavy atom. The van der Waals surface area contributed by atoms with Crippen molar-refractivity contribution in [3.05, 3.63) is 0 Å². The summed E-state index contributed by atoms with van der Waals surface area (Å²) in [5.74, 6) is 0. The van der Waals surface area contributed by atoms with Crippen molar-refractivity contribution in [2.45, 2.75) is 6.92 Å². The van der Waals surface area contributed by atoms with Gasteiger partial charge in [-0.15, -0.1) is 0 Å². The lowest BCUT2D eigenvalue weighted by molar-refractivity contribution is -0.911. The average Bonchev–Trinajstić information content (AvgIpc) is 2.24. The third kappa shape index (κ3) is 13.7. The zero-order chi connectivity index (χ0) is 14.1. The van der Waals surface area contributed by atoms with Gasteiger partial charge in [0.15, 0.2) is 12.5 Å². The molecule has 104 valence electrons. The lowest BCUT2D eigenvalue weighted by Crippen LogP contribution is -2.56. The summed E-state index contributed by atoms with van der Waals surface area (Å²) >= 11 is 2.83. The molecule has 1 saturated heterocycles. The molecule has 0 aromatic rings. The van der Waals surface area contributed by atoms with E-state index in [1.807, 2.05) is 0 Å². The van der Waals surface area contributed by atoms with Gasteiger partial charge in [-0.3, -0.25) is 9.45 Å². The molecular formula is C8H20N2O5S2. The maximum Gasteiger partial charge on any atom is 0.215 e. The number of likely N-dealkylation sites (N-methyl/N-ethyl adjacent to an activating group) is 2. The number of hydrogen-bond acceptors (Lipinski definition) is 6. The monoisotopic (exact) mass is 288 g/mol. The number of hydrogen-bond donors (Lipinski definition) is 1. The van der Waals surface area contributed by atoms with Gasteiger partial charge in [-0.25, -0.2) is 8.42 Å². The van der Waals surface area contributed by atoms with Crippen LogP contribution < -0.4 is 0 Å². The third-order valence-corrected chi connectivity index (χ3v) is 2.81. The van der Waals surface area contributed by atoms with Gasteiger partial charge >= 0.3 is 0 Å². The molecule has 7 nitrogen and oxygen atoms in total. The van der Waals surface area contributed by atoms with E-state index in [9.17, 15) is 0 Å². The van der Waals surface area contributed by atoms with Crippen LogP contribution in [0.3, 0.4) is 0 Å². The number of piperazine rings is 1. The summed E-state index contributed by atoms with van der Waals surface area (Å²) in [7, 11) is -0.355. The first kappa shape index (κ1) is 19.2. The Morgan fingerprint density at radius 1 is 1.35 bits per heavy atom. The summed E-state index contributed by atoms with van der Waals surface area (Å²) in [5, 5.41) is 0. The van der Waals surface area contributed by atoms with Crippen LogP contribution in [0.15, 0.2) is 0 Å². The number of nitrogens with zero attached hydrogens (tertiary/aromatic N) is 2. The van der Waals surface area contributed by atoms with Crippen LogP contribution in [0, 0.1) is 0 Å². The normalized spacial score (nSPS) is 19.4. The second-order valence-electron chi connectivity index (χ2n) is 4.11. The maximum atomic E-state index is 8.63. The highest BCUT2D eigenvalue weighted by Crippen LogP contribution is 2.06. The minimum atomic E-state index is -4.92. The maximum absolute atomic E-state index is 8.63. The molecule has 0 aromatic heterocycles. The molecule has 0 atom stereocenters. The minimum absolute atomic E-state index is 1.27. The molecule has 0 aromatic carbocycles. The predicted molar refractivity (Wildman–Crippen MR) is 64.4 cm³/mol. The van der Waals surface area contributed by atoms with Crippen LogP contribution in [-0.2, 0) is 22.9 Å². The summed E-state index contributed by atoms with van der Waals surface area (Å²) in [6.45, 7) is 8.76. The van der Waals surface area contributed by atoms with Gasteiger partial charge < -0.3 is 9.04 Å². The summed E-state index contributed by atoms with van der Waals surface area (Å²) in [6.07, 6.45) is 0. The molecule has 0 saturated carbocycles. The van der Waals surface area contributed by atoms with Crippen molar-refractivity contribution >= 4 is 22.9 Å². The van der Waals surface area contributed by atoms with Gasteiger partial charge in [0.05, 0.1) is 26.7 Å². The molecule has 0 amide bonds. The standard InChI is InChI=1S/C8H19N2.H2O4S.OS/c1-4-10(3)7-5-9(2)6-8-10;1-5(2,3)4;1-2/h4-8H2,1-3H3;(H2,1,2,3,4);/q+1;;/p-1. The quantitative estimate of drug-likeness (QED) is 0.378. The van der Waals surface area contributed by atoms with E-state index in [1.54, 1.807) is 0 Å². The second-order valence-corrected chi connectivity index (χ2v) is 4.97. The molecule has 9 heteroatoms. The number of quaternary nitrogens is 1. The highest BCUT2D eigenvalue weighted by Gasteiger charge is 2.24. The van der Waals surface area contributed by atoms with Crippen LogP contribution in [0.25, 0.3) is 0 Å². The molecule has 1 aliphatic heterocycles. The first-order valence-electron chi connectivity index (χ1n) is 5.03. The van der Waals surface area contributed by atoms with E-state index in [0.717, 1.165) is 0 Å². The first-order chi connectivity index (χ1) is 7.66. The fourth-order valence-electron chi connectivity index (χ4n) is 1.36. The van der Waals surface area contributed by atoms with Crippen molar-refractivity contribution in [3.63, 3.8) is 0 Å². The fourth-order valence-corrected chi connectivity index (χ4v) is 1.36. The Kier molecular flexibility index (Phi) is 9.96. The van der Waals surface area contributed by atoms with Crippen LogP contribution in [0.4, 0.5) is 0 Å². The Hall–Kier alpha value is -0.190. The lowest BCUT2D eigenvalue weighted by atomic mass is 10.3. The molecule has 1 rings (SSSR count). The molecule has 1 N–H and O–H groups in total. The van der Waals surface area contributed by atoms with Gasteiger partial charge in [-0.05, 0) is 14.0 Å². The smallest absolute Gasteiger partial charge is 0.215 e. The topological polar surface area (TPSA) is 97.7 Å². The molecule has 0 spiro atoms. The van der Waals surface area contributed by atoms with Crippen molar-refractivity contribution in [1.29, 1.82) is 0 Å². The molecule has 0 unspecified atom stereocenters. The third-order valence-electron chi connectivity index (χ3n) is 2.81. The largest absolute Gasteiger partial charge is 0.726 e. The Balaban J connectivity index is 0.